The molecule has 10 heteroatoms. The molecule has 2 aliphatic rings. The van der Waals surface area contributed by atoms with Gasteiger partial charge in [0.05, 0.1) is 24.7 Å². The van der Waals surface area contributed by atoms with Crippen LogP contribution in [0.25, 0.3) is 0 Å². The molecule has 0 aromatic carbocycles. The number of piperidine rings is 1. The number of hydrogen-bond acceptors (Lipinski definition) is 6. The molecular formula is C34H61N5O5. The highest BCUT2D eigenvalue weighted by molar-refractivity contribution is 5.97. The van der Waals surface area contributed by atoms with Gasteiger partial charge in [0.15, 0.2) is 0 Å². The Morgan fingerprint density at radius 1 is 0.886 bits per heavy atom. The van der Waals surface area contributed by atoms with Crippen LogP contribution in [-0.4, -0.2) is 106 Å². The monoisotopic (exact) mass is 619 g/mol. The Hall–Kier alpha value is -2.46. The SMILES string of the molecule is CC(=C[C@H](C(C)C)N(C)C(=O)[C@@H](NC(=O)[C@H]1CCCCN1C(C)C)C(C)(C)C)C(=O)N1CCC[C@H]1C(=O)N[C@@H](CO)C(C)C. The third kappa shape index (κ3) is 9.52. The van der Waals surface area contributed by atoms with E-state index in [-0.39, 0.29) is 60.2 Å². The van der Waals surface area contributed by atoms with E-state index in [0.29, 0.717) is 18.5 Å². The lowest BCUT2D eigenvalue weighted by atomic mass is 9.84. The molecule has 0 bridgehead atoms. The summed E-state index contributed by atoms with van der Waals surface area (Å²) in [6.45, 7) is 20.9. The van der Waals surface area contributed by atoms with Gasteiger partial charge in [0.25, 0.3) is 0 Å². The molecule has 0 aromatic rings. The topological polar surface area (TPSA) is 122 Å². The van der Waals surface area contributed by atoms with Crippen molar-refractivity contribution in [2.24, 2.45) is 17.3 Å². The van der Waals surface area contributed by atoms with Crippen molar-refractivity contribution >= 4 is 23.6 Å². The Morgan fingerprint density at radius 2 is 1.48 bits per heavy atom. The van der Waals surface area contributed by atoms with E-state index in [4.69, 9.17) is 0 Å². The number of likely N-dealkylation sites (tertiary alicyclic amines) is 2. The van der Waals surface area contributed by atoms with Crippen LogP contribution in [0.1, 0.15) is 101 Å². The zero-order chi connectivity index (χ0) is 33.5. The predicted molar refractivity (Wildman–Crippen MR) is 175 cm³/mol. The van der Waals surface area contributed by atoms with Crippen LogP contribution in [0.4, 0.5) is 0 Å². The average molecular weight is 620 g/mol. The highest BCUT2D eigenvalue weighted by atomic mass is 16.3. The first-order valence-electron chi connectivity index (χ1n) is 16.7. The number of aliphatic hydroxyl groups is 1. The summed E-state index contributed by atoms with van der Waals surface area (Å²) < 4.78 is 0. The molecule has 4 amide bonds. The van der Waals surface area contributed by atoms with Crippen molar-refractivity contribution in [2.45, 2.75) is 138 Å². The molecule has 0 radical (unpaired) electrons. The molecule has 5 atom stereocenters. The summed E-state index contributed by atoms with van der Waals surface area (Å²) in [5.74, 6) is -0.730. The maximum atomic E-state index is 14.1. The maximum Gasteiger partial charge on any atom is 0.249 e. The van der Waals surface area contributed by atoms with Crippen LogP contribution in [-0.2, 0) is 19.2 Å². The minimum Gasteiger partial charge on any atom is -0.394 e. The van der Waals surface area contributed by atoms with Crippen LogP contribution in [0.3, 0.4) is 0 Å². The lowest BCUT2D eigenvalue weighted by Gasteiger charge is -2.41. The molecular weight excluding hydrogens is 558 g/mol. The second-order valence-corrected chi connectivity index (χ2v) is 14.9. The number of aliphatic hydroxyl groups excluding tert-OH is 1. The summed E-state index contributed by atoms with van der Waals surface area (Å²) in [7, 11) is 1.74. The lowest BCUT2D eigenvalue weighted by molar-refractivity contribution is -0.142. The zero-order valence-electron chi connectivity index (χ0n) is 29.3. The van der Waals surface area contributed by atoms with Crippen LogP contribution in [0.15, 0.2) is 11.6 Å². The summed E-state index contributed by atoms with van der Waals surface area (Å²) in [5, 5.41) is 15.7. The van der Waals surface area contributed by atoms with Gasteiger partial charge in [-0.1, -0.05) is 61.0 Å². The summed E-state index contributed by atoms with van der Waals surface area (Å²) in [6.07, 6.45) is 5.94. The summed E-state index contributed by atoms with van der Waals surface area (Å²) in [6, 6.07) is -2.13. The van der Waals surface area contributed by atoms with Gasteiger partial charge in [-0.3, -0.25) is 24.1 Å². The van der Waals surface area contributed by atoms with E-state index in [0.717, 1.165) is 32.2 Å². The van der Waals surface area contributed by atoms with Gasteiger partial charge in [-0.15, -0.1) is 0 Å². The van der Waals surface area contributed by atoms with Crippen molar-refractivity contribution < 1.29 is 24.3 Å². The number of nitrogens with zero attached hydrogens (tertiary/aromatic N) is 3. The second kappa shape index (κ2) is 16.2. The Kier molecular flexibility index (Phi) is 13.9. The second-order valence-electron chi connectivity index (χ2n) is 14.9. The smallest absolute Gasteiger partial charge is 0.249 e. The quantitative estimate of drug-likeness (QED) is 0.288. The van der Waals surface area contributed by atoms with Crippen molar-refractivity contribution in [1.82, 2.24) is 25.3 Å². The van der Waals surface area contributed by atoms with Crippen LogP contribution in [0.2, 0.25) is 0 Å². The van der Waals surface area contributed by atoms with E-state index in [1.807, 2.05) is 54.5 Å². The standard InChI is InChI=1S/C34H61N5O5/c1-21(2)25(20-40)35-30(41)27-16-14-18-39(27)32(43)24(7)19-28(22(3)4)37(11)33(44)29(34(8,9)10)36-31(42)26-15-12-13-17-38(26)23(5)6/h19,21-23,25-29,40H,12-18,20H2,1-11H3,(H,35,41)(H,36,42)/t25-,26+,27-,28+,29+/m0/s1. The van der Waals surface area contributed by atoms with E-state index in [1.54, 1.807) is 23.8 Å². The van der Waals surface area contributed by atoms with Gasteiger partial charge < -0.3 is 25.5 Å². The fourth-order valence-corrected chi connectivity index (χ4v) is 6.38. The Morgan fingerprint density at radius 3 is 2.00 bits per heavy atom. The van der Waals surface area contributed by atoms with Gasteiger partial charge in [0.1, 0.15) is 12.1 Å². The number of rotatable bonds is 12. The summed E-state index contributed by atoms with van der Waals surface area (Å²) >= 11 is 0. The molecule has 2 heterocycles. The fourth-order valence-electron chi connectivity index (χ4n) is 6.38. The first kappa shape index (κ1) is 37.7. The molecule has 10 nitrogen and oxygen atoms in total. The number of hydrogen-bond donors (Lipinski definition) is 3. The highest BCUT2D eigenvalue weighted by Crippen LogP contribution is 2.27. The fraction of sp³-hybridized carbons (Fsp3) is 0.824. The van der Waals surface area contributed by atoms with Crippen molar-refractivity contribution in [3.8, 4) is 0 Å². The Bertz CT molecular complexity index is 1030. The third-order valence-corrected chi connectivity index (χ3v) is 9.29. The number of amides is 4. The van der Waals surface area contributed by atoms with E-state index >= 15 is 0 Å². The van der Waals surface area contributed by atoms with Crippen LogP contribution < -0.4 is 10.6 Å². The van der Waals surface area contributed by atoms with Crippen LogP contribution in [0.5, 0.6) is 0 Å². The molecule has 0 aliphatic carbocycles. The summed E-state index contributed by atoms with van der Waals surface area (Å²) in [5.41, 5.74) is -0.0655. The number of likely N-dealkylation sites (N-methyl/N-ethyl adjacent to an activating group) is 1. The lowest BCUT2D eigenvalue weighted by Crippen LogP contribution is -2.60. The summed E-state index contributed by atoms with van der Waals surface area (Å²) in [4.78, 5) is 59.9. The first-order valence-corrected chi connectivity index (χ1v) is 16.7. The molecule has 3 N–H and O–H groups in total. The van der Waals surface area contributed by atoms with Crippen LogP contribution >= 0.6 is 0 Å². The van der Waals surface area contributed by atoms with Crippen molar-refractivity contribution in [1.29, 1.82) is 0 Å². The predicted octanol–water partition coefficient (Wildman–Crippen LogP) is 3.33. The number of carbonyl (C=O) groups is 4. The molecule has 0 unspecified atom stereocenters. The number of carbonyl (C=O) groups excluding carboxylic acids is 4. The number of nitrogens with one attached hydrogen (secondary N) is 2. The minimum atomic E-state index is -0.742. The zero-order valence-corrected chi connectivity index (χ0v) is 29.3. The van der Waals surface area contributed by atoms with Gasteiger partial charge >= 0.3 is 0 Å². The Balaban J connectivity index is 2.26. The molecule has 2 aliphatic heterocycles. The van der Waals surface area contributed by atoms with Gasteiger partial charge in [-0.05, 0) is 70.3 Å². The molecule has 44 heavy (non-hydrogen) atoms. The minimum absolute atomic E-state index is 0.00757. The first-order chi connectivity index (χ1) is 20.4. The largest absolute Gasteiger partial charge is 0.394 e. The van der Waals surface area contributed by atoms with Gasteiger partial charge in [0, 0.05) is 25.2 Å². The normalized spacial score (nSPS) is 22.2. The van der Waals surface area contributed by atoms with Crippen molar-refractivity contribution in [3.05, 3.63) is 11.6 Å². The maximum absolute atomic E-state index is 14.1. The molecule has 0 saturated carbocycles. The average Bonchev–Trinajstić information content (AvgIpc) is 3.45. The van der Waals surface area contributed by atoms with Gasteiger partial charge in [0.2, 0.25) is 23.6 Å². The molecule has 2 saturated heterocycles. The van der Waals surface area contributed by atoms with Crippen molar-refractivity contribution in [2.75, 3.05) is 26.7 Å². The van der Waals surface area contributed by atoms with Crippen LogP contribution in [0, 0.1) is 17.3 Å². The van der Waals surface area contributed by atoms with E-state index < -0.39 is 23.5 Å². The molecule has 2 rings (SSSR count). The van der Waals surface area contributed by atoms with E-state index in [9.17, 15) is 24.3 Å². The molecule has 252 valence electrons. The van der Waals surface area contributed by atoms with E-state index in [2.05, 4.69) is 29.4 Å². The molecule has 2 fully saturated rings. The van der Waals surface area contributed by atoms with Gasteiger partial charge in [-0.25, -0.2) is 0 Å². The Labute approximate surface area is 266 Å². The third-order valence-electron chi connectivity index (χ3n) is 9.29. The highest BCUT2D eigenvalue weighted by Gasteiger charge is 2.40. The molecule has 0 spiro atoms. The molecule has 0 aromatic heterocycles. The van der Waals surface area contributed by atoms with Crippen molar-refractivity contribution in [3.63, 3.8) is 0 Å². The van der Waals surface area contributed by atoms with Gasteiger partial charge in [-0.2, -0.15) is 0 Å². The van der Waals surface area contributed by atoms with E-state index in [1.165, 1.54) is 0 Å².